The van der Waals surface area contributed by atoms with Crippen molar-refractivity contribution in [2.24, 2.45) is 34.5 Å². The van der Waals surface area contributed by atoms with E-state index in [1.807, 2.05) is 24.4 Å². The minimum atomic E-state index is 0.492. The summed E-state index contributed by atoms with van der Waals surface area (Å²) < 4.78 is 5.57. The number of pyridine rings is 1. The van der Waals surface area contributed by atoms with Gasteiger partial charge in [0.05, 0.1) is 12.3 Å². The average molecular weight is 991 g/mol. The number of benzene rings is 2. The summed E-state index contributed by atoms with van der Waals surface area (Å²) in [6.45, 7) is 42.3. The van der Waals surface area contributed by atoms with Crippen LogP contribution in [0.15, 0.2) is 129 Å². The van der Waals surface area contributed by atoms with Gasteiger partial charge in [-0.3, -0.25) is 14.8 Å². The van der Waals surface area contributed by atoms with Gasteiger partial charge in [-0.1, -0.05) is 146 Å². The van der Waals surface area contributed by atoms with Gasteiger partial charge in [0, 0.05) is 56.4 Å². The van der Waals surface area contributed by atoms with Crippen LogP contribution >= 0.6 is 0 Å². The summed E-state index contributed by atoms with van der Waals surface area (Å²) in [5, 5.41) is 0. The van der Waals surface area contributed by atoms with Crippen LogP contribution in [0.25, 0.3) is 5.57 Å². The molecule has 3 saturated heterocycles. The van der Waals surface area contributed by atoms with Gasteiger partial charge < -0.3 is 4.74 Å². The van der Waals surface area contributed by atoms with E-state index >= 15 is 0 Å². The fourth-order valence-corrected chi connectivity index (χ4v) is 14.4. The lowest BCUT2D eigenvalue weighted by molar-refractivity contribution is 0.156. The molecule has 4 aliphatic heterocycles. The number of allylic oxidation sites excluding steroid dienone is 7. The van der Waals surface area contributed by atoms with E-state index < -0.39 is 0 Å². The molecule has 5 heterocycles. The Kier molecular flexibility index (Phi) is 21.3. The molecule has 4 heteroatoms. The first kappa shape index (κ1) is 58.3. The number of ether oxygens (including phenoxy) is 1. The molecule has 73 heavy (non-hydrogen) atoms. The predicted octanol–water partition coefficient (Wildman–Crippen LogP) is 19.0. The number of piperidine rings is 2. The Balaban J connectivity index is 0.000000150. The Morgan fingerprint density at radius 1 is 0.644 bits per heavy atom. The molecule has 3 aliphatic carbocycles. The second-order valence-electron chi connectivity index (χ2n) is 25.7. The zero-order valence-electron chi connectivity index (χ0n) is 49.4. The number of nitrogens with zero attached hydrogens (tertiary/aromatic N) is 3. The first-order valence-electron chi connectivity index (χ1n) is 29.1. The number of hydrogen-bond donors (Lipinski definition) is 0. The molecule has 0 amide bonds. The topological polar surface area (TPSA) is 28.6 Å². The molecule has 0 unspecified atom stereocenters. The number of fused-ring (bicyclic) bond motifs is 5. The minimum Gasteiger partial charge on any atom is -0.493 e. The van der Waals surface area contributed by atoms with Crippen molar-refractivity contribution in [3.05, 3.63) is 146 Å². The van der Waals surface area contributed by atoms with E-state index in [4.69, 9.17) is 4.74 Å². The normalized spacial score (nSPS) is 25.9. The summed E-state index contributed by atoms with van der Waals surface area (Å²) in [5.41, 5.74) is 21.0. The Morgan fingerprint density at radius 3 is 1.81 bits per heavy atom. The van der Waals surface area contributed by atoms with Crippen molar-refractivity contribution in [3.63, 3.8) is 0 Å². The Labute approximate surface area is 448 Å². The van der Waals surface area contributed by atoms with Crippen molar-refractivity contribution in [2.45, 2.75) is 219 Å². The van der Waals surface area contributed by atoms with E-state index in [1.54, 1.807) is 39.0 Å². The third kappa shape index (κ3) is 15.6. The molecule has 0 radical (unpaired) electrons. The maximum absolute atomic E-state index is 5.57. The maximum atomic E-state index is 5.57. The van der Waals surface area contributed by atoms with Crippen LogP contribution in [-0.2, 0) is 13.1 Å². The predicted molar refractivity (Wildman–Crippen MR) is 316 cm³/mol. The monoisotopic (exact) mass is 990 g/mol. The van der Waals surface area contributed by atoms with Gasteiger partial charge in [-0.25, -0.2) is 0 Å². The fourth-order valence-electron chi connectivity index (χ4n) is 14.4. The van der Waals surface area contributed by atoms with Gasteiger partial charge in [0.1, 0.15) is 5.75 Å². The molecule has 7 aliphatic rings. The Bertz CT molecular complexity index is 2360. The van der Waals surface area contributed by atoms with Crippen LogP contribution in [0, 0.1) is 34.5 Å². The molecule has 0 spiro atoms. The lowest BCUT2D eigenvalue weighted by Crippen LogP contribution is -2.40. The average Bonchev–Trinajstić information content (AvgIpc) is 3.93. The summed E-state index contributed by atoms with van der Waals surface area (Å²) in [4.78, 5) is 9.62. The lowest BCUT2D eigenvalue weighted by atomic mass is 9.67. The molecule has 6 fully saturated rings. The molecule has 4 nitrogen and oxygen atoms in total. The second kappa shape index (κ2) is 26.7. The third-order valence-electron chi connectivity index (χ3n) is 18.3. The highest BCUT2D eigenvalue weighted by Gasteiger charge is 2.55. The van der Waals surface area contributed by atoms with Gasteiger partial charge in [-0.2, -0.15) is 0 Å². The van der Waals surface area contributed by atoms with Gasteiger partial charge in [0.15, 0.2) is 0 Å². The van der Waals surface area contributed by atoms with Crippen LogP contribution in [0.2, 0.25) is 0 Å². The summed E-state index contributed by atoms with van der Waals surface area (Å²) in [6.07, 6.45) is 19.3. The van der Waals surface area contributed by atoms with E-state index in [1.165, 1.54) is 124 Å². The summed E-state index contributed by atoms with van der Waals surface area (Å²) >= 11 is 0. The quantitative estimate of drug-likeness (QED) is 0.238. The molecule has 2 aromatic carbocycles. The number of para-hydroxylation sites is 1. The van der Waals surface area contributed by atoms with E-state index in [0.29, 0.717) is 10.8 Å². The van der Waals surface area contributed by atoms with E-state index in [9.17, 15) is 0 Å². The maximum Gasteiger partial charge on any atom is 0.126 e. The van der Waals surface area contributed by atoms with Gasteiger partial charge >= 0.3 is 0 Å². The first-order chi connectivity index (χ1) is 34.7. The van der Waals surface area contributed by atoms with Crippen LogP contribution in [0.5, 0.6) is 5.75 Å². The van der Waals surface area contributed by atoms with Gasteiger partial charge in [-0.15, -0.1) is 0 Å². The highest BCUT2D eigenvalue weighted by atomic mass is 16.5. The molecule has 6 atom stereocenters. The fraction of sp³-hybridized carbons (Fsp3) is 0.609. The molecular formula is C69H103N3O. The Morgan fingerprint density at radius 2 is 1.27 bits per heavy atom. The Hall–Kier alpha value is -3.99. The summed E-state index contributed by atoms with van der Waals surface area (Å²) in [5.74, 6) is 4.62. The van der Waals surface area contributed by atoms with Crippen molar-refractivity contribution in [1.82, 2.24) is 14.8 Å². The van der Waals surface area contributed by atoms with Crippen LogP contribution in [-0.4, -0.2) is 46.6 Å². The van der Waals surface area contributed by atoms with Crippen molar-refractivity contribution >= 4 is 5.57 Å². The molecule has 3 saturated carbocycles. The van der Waals surface area contributed by atoms with E-state index in [0.717, 1.165) is 67.6 Å². The number of aromatic nitrogens is 1. The highest BCUT2D eigenvalue weighted by molar-refractivity contribution is 5.73. The van der Waals surface area contributed by atoms with Crippen molar-refractivity contribution in [2.75, 3.05) is 19.7 Å². The largest absolute Gasteiger partial charge is 0.493 e. The van der Waals surface area contributed by atoms with Crippen LogP contribution in [0.3, 0.4) is 0 Å². The zero-order chi connectivity index (χ0) is 53.0. The first-order valence-corrected chi connectivity index (χ1v) is 29.1. The summed E-state index contributed by atoms with van der Waals surface area (Å²) in [7, 11) is 0. The molecule has 400 valence electrons. The molecule has 0 N–H and O–H groups in total. The van der Waals surface area contributed by atoms with Crippen LogP contribution < -0.4 is 4.74 Å². The lowest BCUT2D eigenvalue weighted by Gasteiger charge is -2.38. The smallest absolute Gasteiger partial charge is 0.126 e. The van der Waals surface area contributed by atoms with Crippen molar-refractivity contribution < 1.29 is 4.74 Å². The number of likely N-dealkylation sites (tertiary alicyclic amines) is 1. The third-order valence-corrected chi connectivity index (χ3v) is 18.3. The summed E-state index contributed by atoms with van der Waals surface area (Å²) in [6, 6.07) is 26.9. The van der Waals surface area contributed by atoms with Gasteiger partial charge in [0.2, 0.25) is 0 Å². The number of rotatable bonds is 5. The van der Waals surface area contributed by atoms with E-state index in [2.05, 4.69) is 180 Å². The molecule has 3 aromatic rings. The van der Waals surface area contributed by atoms with Crippen molar-refractivity contribution in [3.8, 4) is 5.75 Å². The van der Waals surface area contributed by atoms with Crippen LogP contribution in [0.4, 0.5) is 0 Å². The second-order valence-corrected chi connectivity index (χ2v) is 25.7. The molecular weight excluding hydrogens is 887 g/mol. The SMILES string of the molecule is CC(C)=C1C(C)(C)[C@H]2CC[C@]1(C)C2.CC(C)=C1CCN(Cc2ccccn2)CC1.CC(C)=C1CCOc2ccccc21.CC(C)=C1C[C@H](C)CC[C@H]1C(C)C.CC(C)=C1C[C@H]2CC[C@@H](C1)N2Cc1ccccc1. The van der Waals surface area contributed by atoms with E-state index in [-0.39, 0.29) is 0 Å². The molecule has 10 rings (SSSR count). The van der Waals surface area contributed by atoms with Gasteiger partial charge in [0.25, 0.3) is 0 Å². The molecule has 1 aromatic heterocycles. The van der Waals surface area contributed by atoms with Crippen LogP contribution in [0.1, 0.15) is 211 Å². The molecule has 4 bridgehead atoms. The van der Waals surface area contributed by atoms with Crippen molar-refractivity contribution in [1.29, 1.82) is 0 Å². The standard InChI is InChI=1S/C17H23N.C14H20N2.C13H22.C13H24.C12H14O/c1-13(2)15-10-16-8-9-17(11-15)18(16)12-14-6-4-3-5-7-14;1-12(2)13-6-9-16(10-7-13)11-14-5-3-4-8-15-14;1-9(2)11-12(3,4)10-6-7-13(11,5)8-10;1-9(2)12-7-6-11(5)8-13(12)10(3)4;1-9(2)10-7-8-13-12-6-4-3-5-11(10)12/h3-7,16-17H,8-12H2,1-2H3;3-5,8H,6-7,9-11H2,1-2H3;10H,6-8H2,1-5H3;9,11-12H,6-8H2,1-5H3;3-6H,7-8H2,1-2H3/t16-,17+;;10-,13+;11-,12+;/m..01./s1. The highest BCUT2D eigenvalue weighted by Crippen LogP contribution is 2.66. The minimum absolute atomic E-state index is 0.492. The number of hydrogen-bond acceptors (Lipinski definition) is 4. The zero-order valence-corrected chi connectivity index (χ0v) is 49.4. The van der Waals surface area contributed by atoms with Gasteiger partial charge in [-0.05, 0) is 210 Å².